The van der Waals surface area contributed by atoms with Crippen LogP contribution < -0.4 is 5.32 Å². The van der Waals surface area contributed by atoms with Crippen LogP contribution in [0.5, 0.6) is 0 Å². The number of ether oxygens (including phenoxy) is 1. The second-order valence-electron chi connectivity index (χ2n) is 4.98. The summed E-state index contributed by atoms with van der Waals surface area (Å²) < 4.78 is 5.40. The van der Waals surface area contributed by atoms with Gasteiger partial charge in [-0.05, 0) is 24.9 Å². The number of carbonyl (C=O) groups is 1. The van der Waals surface area contributed by atoms with E-state index in [0.29, 0.717) is 0 Å². The summed E-state index contributed by atoms with van der Waals surface area (Å²) >= 11 is 0. The van der Waals surface area contributed by atoms with Crippen molar-refractivity contribution in [1.29, 1.82) is 0 Å². The molecule has 0 radical (unpaired) electrons. The first kappa shape index (κ1) is 14.0. The number of piperidine rings is 1. The van der Waals surface area contributed by atoms with Gasteiger partial charge in [-0.15, -0.1) is 0 Å². The molecule has 1 N–H and O–H groups in total. The number of carbonyl (C=O) groups excluding carboxylic acids is 1. The van der Waals surface area contributed by atoms with Gasteiger partial charge in [-0.1, -0.05) is 30.3 Å². The van der Waals surface area contributed by atoms with Crippen molar-refractivity contribution in [2.24, 2.45) is 0 Å². The first-order valence-corrected chi connectivity index (χ1v) is 6.79. The van der Waals surface area contributed by atoms with E-state index in [9.17, 15) is 4.79 Å². The van der Waals surface area contributed by atoms with Crippen molar-refractivity contribution in [3.63, 3.8) is 0 Å². The zero-order valence-corrected chi connectivity index (χ0v) is 11.6. The van der Waals surface area contributed by atoms with Gasteiger partial charge in [-0.2, -0.15) is 0 Å². The van der Waals surface area contributed by atoms with E-state index in [2.05, 4.69) is 5.32 Å². The molecule has 104 valence electrons. The number of rotatable bonds is 4. The molecule has 2 unspecified atom stereocenters. The molecule has 1 aromatic rings. The lowest BCUT2D eigenvalue weighted by Crippen LogP contribution is -2.48. The molecule has 0 saturated carbocycles. The summed E-state index contributed by atoms with van der Waals surface area (Å²) in [4.78, 5) is 14.4. The summed E-state index contributed by atoms with van der Waals surface area (Å²) in [7, 11) is 3.46. The maximum absolute atomic E-state index is 12.5. The molecule has 2 rings (SSSR count). The lowest BCUT2D eigenvalue weighted by atomic mass is 10.0. The van der Waals surface area contributed by atoms with Gasteiger partial charge in [-0.25, -0.2) is 0 Å². The number of nitrogens with zero attached hydrogens (tertiary/aromatic N) is 1. The molecule has 0 bridgehead atoms. The maximum atomic E-state index is 12.5. The van der Waals surface area contributed by atoms with E-state index in [1.54, 1.807) is 7.11 Å². The minimum absolute atomic E-state index is 0.0300. The third-order valence-corrected chi connectivity index (χ3v) is 3.73. The average Bonchev–Trinajstić information content (AvgIpc) is 2.49. The van der Waals surface area contributed by atoms with Crippen LogP contribution in [0.2, 0.25) is 0 Å². The molecule has 1 heterocycles. The first-order chi connectivity index (χ1) is 9.24. The molecule has 1 fully saturated rings. The third-order valence-electron chi connectivity index (χ3n) is 3.73. The van der Waals surface area contributed by atoms with Crippen LogP contribution >= 0.6 is 0 Å². The molecule has 2 atom stereocenters. The van der Waals surface area contributed by atoms with Crippen LogP contribution in [0.25, 0.3) is 0 Å². The Balaban J connectivity index is 2.07. The Morgan fingerprint density at radius 3 is 2.74 bits per heavy atom. The molecule has 1 aromatic carbocycles. The van der Waals surface area contributed by atoms with Crippen LogP contribution in [0.15, 0.2) is 30.3 Å². The zero-order chi connectivity index (χ0) is 13.7. The fourth-order valence-corrected chi connectivity index (χ4v) is 2.54. The Labute approximate surface area is 114 Å². The Bertz CT molecular complexity index is 402. The summed E-state index contributed by atoms with van der Waals surface area (Å²) in [5.74, 6) is 0.0300. The van der Waals surface area contributed by atoms with Crippen molar-refractivity contribution in [2.75, 3.05) is 27.2 Å². The summed E-state index contributed by atoms with van der Waals surface area (Å²) in [5.41, 5.74) is 0.908. The summed E-state index contributed by atoms with van der Waals surface area (Å²) in [6.45, 7) is 1.92. The van der Waals surface area contributed by atoms with Crippen molar-refractivity contribution in [1.82, 2.24) is 10.2 Å². The SMILES string of the molecule is COC(C(=O)N(C)C1CCCNC1)c1ccccc1. The minimum atomic E-state index is -0.506. The van der Waals surface area contributed by atoms with Gasteiger partial charge in [0.2, 0.25) is 0 Å². The van der Waals surface area contributed by atoms with Gasteiger partial charge in [-0.3, -0.25) is 4.79 Å². The van der Waals surface area contributed by atoms with Crippen LogP contribution in [0.3, 0.4) is 0 Å². The molecule has 1 saturated heterocycles. The molecule has 0 spiro atoms. The molecule has 4 heteroatoms. The van der Waals surface area contributed by atoms with E-state index in [1.807, 2.05) is 42.3 Å². The van der Waals surface area contributed by atoms with E-state index in [4.69, 9.17) is 4.74 Å². The van der Waals surface area contributed by atoms with Crippen molar-refractivity contribution in [2.45, 2.75) is 25.0 Å². The van der Waals surface area contributed by atoms with Crippen molar-refractivity contribution >= 4 is 5.91 Å². The second kappa shape index (κ2) is 6.68. The van der Waals surface area contributed by atoms with Crippen LogP contribution in [0.1, 0.15) is 24.5 Å². The largest absolute Gasteiger partial charge is 0.367 e. The van der Waals surface area contributed by atoms with E-state index in [0.717, 1.165) is 31.5 Å². The molecule has 1 amide bonds. The smallest absolute Gasteiger partial charge is 0.256 e. The fraction of sp³-hybridized carbons (Fsp3) is 0.533. The topological polar surface area (TPSA) is 41.6 Å². The highest BCUT2D eigenvalue weighted by atomic mass is 16.5. The highest BCUT2D eigenvalue weighted by Gasteiger charge is 2.28. The summed E-state index contributed by atoms with van der Waals surface area (Å²) in [6.07, 6.45) is 1.67. The van der Waals surface area contributed by atoms with Crippen molar-refractivity contribution in [3.8, 4) is 0 Å². The number of methoxy groups -OCH3 is 1. The molecule has 19 heavy (non-hydrogen) atoms. The van der Waals surface area contributed by atoms with E-state index in [-0.39, 0.29) is 11.9 Å². The van der Waals surface area contributed by atoms with E-state index >= 15 is 0 Å². The number of benzene rings is 1. The quantitative estimate of drug-likeness (QED) is 0.896. The van der Waals surface area contributed by atoms with Crippen molar-refractivity contribution < 1.29 is 9.53 Å². The minimum Gasteiger partial charge on any atom is -0.367 e. The summed E-state index contributed by atoms with van der Waals surface area (Å²) in [5, 5.41) is 3.33. The second-order valence-corrected chi connectivity index (χ2v) is 4.98. The predicted octanol–water partition coefficient (Wildman–Crippen LogP) is 1.58. The highest BCUT2D eigenvalue weighted by molar-refractivity contribution is 5.82. The number of nitrogens with one attached hydrogen (secondary N) is 1. The fourth-order valence-electron chi connectivity index (χ4n) is 2.54. The van der Waals surface area contributed by atoms with Gasteiger partial charge < -0.3 is 15.0 Å². The average molecular weight is 262 g/mol. The number of hydrogen-bond acceptors (Lipinski definition) is 3. The number of likely N-dealkylation sites (N-methyl/N-ethyl adjacent to an activating group) is 1. The van der Waals surface area contributed by atoms with Gasteiger partial charge in [0, 0.05) is 26.7 Å². The lowest BCUT2D eigenvalue weighted by molar-refractivity contribution is -0.143. The molecule has 4 nitrogen and oxygen atoms in total. The third kappa shape index (κ3) is 3.33. The van der Waals surface area contributed by atoms with Gasteiger partial charge in [0.05, 0.1) is 0 Å². The van der Waals surface area contributed by atoms with Crippen LogP contribution in [-0.4, -0.2) is 44.1 Å². The molecule has 1 aliphatic heterocycles. The van der Waals surface area contributed by atoms with Gasteiger partial charge in [0.15, 0.2) is 6.10 Å². The van der Waals surface area contributed by atoms with E-state index < -0.39 is 6.10 Å². The normalized spacial score (nSPS) is 20.8. The van der Waals surface area contributed by atoms with Crippen LogP contribution in [-0.2, 0) is 9.53 Å². The maximum Gasteiger partial charge on any atom is 0.256 e. The molecule has 1 aliphatic rings. The predicted molar refractivity (Wildman–Crippen MR) is 74.9 cm³/mol. The number of hydrogen-bond donors (Lipinski definition) is 1. The first-order valence-electron chi connectivity index (χ1n) is 6.79. The highest BCUT2D eigenvalue weighted by Crippen LogP contribution is 2.21. The van der Waals surface area contributed by atoms with Gasteiger partial charge >= 0.3 is 0 Å². The monoisotopic (exact) mass is 262 g/mol. The van der Waals surface area contributed by atoms with Crippen molar-refractivity contribution in [3.05, 3.63) is 35.9 Å². The molecular formula is C15H22N2O2. The lowest BCUT2D eigenvalue weighted by Gasteiger charge is -2.33. The summed E-state index contributed by atoms with van der Waals surface area (Å²) in [6, 6.07) is 9.92. The Morgan fingerprint density at radius 2 is 2.16 bits per heavy atom. The van der Waals surface area contributed by atoms with E-state index in [1.165, 1.54) is 0 Å². The number of amides is 1. The Morgan fingerprint density at radius 1 is 1.42 bits per heavy atom. The Kier molecular flexibility index (Phi) is 4.93. The zero-order valence-electron chi connectivity index (χ0n) is 11.6. The molecule has 0 aliphatic carbocycles. The van der Waals surface area contributed by atoms with Crippen LogP contribution in [0.4, 0.5) is 0 Å². The Hall–Kier alpha value is -1.39. The standard InChI is InChI=1S/C15H22N2O2/c1-17(13-9-6-10-16-11-13)15(18)14(19-2)12-7-4-3-5-8-12/h3-5,7-8,13-14,16H,6,9-11H2,1-2H3. The van der Waals surface area contributed by atoms with Gasteiger partial charge in [0.25, 0.3) is 5.91 Å². The molecular weight excluding hydrogens is 240 g/mol. The van der Waals surface area contributed by atoms with Gasteiger partial charge in [0.1, 0.15) is 0 Å². The molecule has 0 aromatic heterocycles. The van der Waals surface area contributed by atoms with Crippen LogP contribution in [0, 0.1) is 0 Å².